The molecule has 0 radical (unpaired) electrons. The molecule has 0 unspecified atom stereocenters. The summed E-state index contributed by atoms with van der Waals surface area (Å²) < 4.78 is 0. The highest BCUT2D eigenvalue weighted by Crippen LogP contribution is 2.14. The first-order valence-corrected chi connectivity index (χ1v) is 7.82. The molecule has 3 amide bonds. The van der Waals surface area contributed by atoms with Crippen molar-refractivity contribution >= 4 is 29.5 Å². The standard InChI is InChI=1S/C13H23N3O3S/c1-5-15(6-10(17)14-13(2,3)4)11(18)7-16-9-20-8-12(16)19/h5-9H2,1-4H3,(H,14,17). The summed E-state index contributed by atoms with van der Waals surface area (Å²) >= 11 is 1.50. The zero-order valence-electron chi connectivity index (χ0n) is 12.6. The minimum absolute atomic E-state index is 0.0152. The van der Waals surface area contributed by atoms with Gasteiger partial charge in [-0.25, -0.2) is 0 Å². The van der Waals surface area contributed by atoms with E-state index in [9.17, 15) is 14.4 Å². The van der Waals surface area contributed by atoms with Crippen molar-refractivity contribution in [2.75, 3.05) is 31.3 Å². The van der Waals surface area contributed by atoms with E-state index in [0.29, 0.717) is 18.2 Å². The zero-order valence-corrected chi connectivity index (χ0v) is 13.4. The minimum Gasteiger partial charge on any atom is -0.350 e. The maximum absolute atomic E-state index is 12.1. The number of nitrogens with one attached hydrogen (secondary N) is 1. The van der Waals surface area contributed by atoms with E-state index in [2.05, 4.69) is 5.32 Å². The maximum Gasteiger partial charge on any atom is 0.242 e. The van der Waals surface area contributed by atoms with Crippen LogP contribution in [0.15, 0.2) is 0 Å². The quantitative estimate of drug-likeness (QED) is 0.792. The van der Waals surface area contributed by atoms with E-state index >= 15 is 0 Å². The van der Waals surface area contributed by atoms with E-state index in [1.165, 1.54) is 21.6 Å². The molecule has 114 valence electrons. The van der Waals surface area contributed by atoms with Crippen LogP contribution in [0.4, 0.5) is 0 Å². The summed E-state index contributed by atoms with van der Waals surface area (Å²) in [5.74, 6) is 0.598. The first-order chi connectivity index (χ1) is 9.23. The predicted octanol–water partition coefficient (Wildman–Crippen LogP) is 0.283. The third-order valence-electron chi connectivity index (χ3n) is 2.73. The van der Waals surface area contributed by atoms with E-state index in [-0.39, 0.29) is 36.3 Å². The summed E-state index contributed by atoms with van der Waals surface area (Å²) in [6.45, 7) is 8.04. The number of amides is 3. The third kappa shape index (κ3) is 5.40. The van der Waals surface area contributed by atoms with Gasteiger partial charge in [0.15, 0.2) is 0 Å². The molecule has 0 bridgehead atoms. The Bertz CT molecular complexity index is 393. The van der Waals surface area contributed by atoms with Gasteiger partial charge in [0.2, 0.25) is 17.7 Å². The van der Waals surface area contributed by atoms with Crippen LogP contribution in [0.2, 0.25) is 0 Å². The van der Waals surface area contributed by atoms with Crippen molar-refractivity contribution < 1.29 is 14.4 Å². The average molecular weight is 301 g/mol. The van der Waals surface area contributed by atoms with Gasteiger partial charge in [0.1, 0.15) is 6.54 Å². The lowest BCUT2D eigenvalue weighted by atomic mass is 10.1. The zero-order chi connectivity index (χ0) is 15.3. The molecule has 1 aliphatic rings. The number of carbonyl (C=O) groups excluding carboxylic acids is 3. The van der Waals surface area contributed by atoms with Gasteiger partial charge in [0.25, 0.3) is 0 Å². The van der Waals surface area contributed by atoms with Crippen molar-refractivity contribution in [3.05, 3.63) is 0 Å². The molecule has 1 fully saturated rings. The van der Waals surface area contributed by atoms with Crippen LogP contribution >= 0.6 is 11.8 Å². The largest absolute Gasteiger partial charge is 0.350 e. The van der Waals surface area contributed by atoms with E-state index in [4.69, 9.17) is 0 Å². The highest BCUT2D eigenvalue weighted by molar-refractivity contribution is 8.00. The molecule has 0 aromatic rings. The highest BCUT2D eigenvalue weighted by atomic mass is 32.2. The second-order valence-electron chi connectivity index (χ2n) is 5.78. The lowest BCUT2D eigenvalue weighted by Gasteiger charge is -2.26. The Morgan fingerprint density at radius 2 is 2.05 bits per heavy atom. The molecule has 0 spiro atoms. The average Bonchev–Trinajstić information content (AvgIpc) is 2.69. The number of rotatable bonds is 5. The molecule has 1 heterocycles. The SMILES string of the molecule is CCN(CC(=O)NC(C)(C)C)C(=O)CN1CSCC1=O. The van der Waals surface area contributed by atoms with Crippen LogP contribution in [-0.4, -0.2) is 64.3 Å². The summed E-state index contributed by atoms with van der Waals surface area (Å²) in [6, 6.07) is 0. The van der Waals surface area contributed by atoms with Gasteiger partial charge in [-0.05, 0) is 27.7 Å². The van der Waals surface area contributed by atoms with E-state index in [1.54, 1.807) is 0 Å². The molecule has 0 atom stereocenters. The number of hydrogen-bond donors (Lipinski definition) is 1. The van der Waals surface area contributed by atoms with Crippen molar-refractivity contribution in [1.82, 2.24) is 15.1 Å². The van der Waals surface area contributed by atoms with E-state index in [1.807, 2.05) is 27.7 Å². The van der Waals surface area contributed by atoms with Gasteiger partial charge < -0.3 is 15.1 Å². The van der Waals surface area contributed by atoms with Gasteiger partial charge in [0, 0.05) is 12.1 Å². The minimum atomic E-state index is -0.318. The smallest absolute Gasteiger partial charge is 0.242 e. The van der Waals surface area contributed by atoms with Crippen LogP contribution in [-0.2, 0) is 14.4 Å². The van der Waals surface area contributed by atoms with Crippen LogP contribution in [0.1, 0.15) is 27.7 Å². The third-order valence-corrected chi connectivity index (χ3v) is 3.68. The van der Waals surface area contributed by atoms with Gasteiger partial charge in [0.05, 0.1) is 18.2 Å². The fourth-order valence-electron chi connectivity index (χ4n) is 1.81. The highest BCUT2D eigenvalue weighted by Gasteiger charge is 2.26. The molecule has 1 aliphatic heterocycles. The molecule has 6 nitrogen and oxygen atoms in total. The Morgan fingerprint density at radius 3 is 2.50 bits per heavy atom. The lowest BCUT2D eigenvalue weighted by Crippen LogP contribution is -2.49. The van der Waals surface area contributed by atoms with Gasteiger partial charge in [-0.2, -0.15) is 0 Å². The molecule has 1 N–H and O–H groups in total. The Kier molecular flexibility index (Phi) is 5.86. The Hall–Kier alpha value is -1.24. The van der Waals surface area contributed by atoms with Crippen molar-refractivity contribution in [2.45, 2.75) is 33.2 Å². The maximum atomic E-state index is 12.1. The fourth-order valence-corrected chi connectivity index (χ4v) is 2.72. The topological polar surface area (TPSA) is 69.7 Å². The molecule has 1 saturated heterocycles. The van der Waals surface area contributed by atoms with E-state index in [0.717, 1.165) is 0 Å². The van der Waals surface area contributed by atoms with Gasteiger partial charge in [-0.3, -0.25) is 14.4 Å². The number of likely N-dealkylation sites (N-methyl/N-ethyl adjacent to an activating group) is 1. The van der Waals surface area contributed by atoms with Gasteiger partial charge in [-0.1, -0.05) is 0 Å². The van der Waals surface area contributed by atoms with Gasteiger partial charge in [-0.15, -0.1) is 11.8 Å². The second kappa shape index (κ2) is 6.97. The molecule has 0 aromatic carbocycles. The number of nitrogens with zero attached hydrogens (tertiary/aromatic N) is 2. The van der Waals surface area contributed by atoms with Crippen LogP contribution in [0, 0.1) is 0 Å². The molecule has 7 heteroatoms. The Morgan fingerprint density at radius 1 is 1.40 bits per heavy atom. The normalized spacial score (nSPS) is 15.4. The molecule has 20 heavy (non-hydrogen) atoms. The van der Waals surface area contributed by atoms with Crippen molar-refractivity contribution in [3.8, 4) is 0 Å². The van der Waals surface area contributed by atoms with Crippen molar-refractivity contribution in [3.63, 3.8) is 0 Å². The second-order valence-corrected chi connectivity index (χ2v) is 6.73. The molecule has 1 rings (SSSR count). The summed E-state index contributed by atoms with van der Waals surface area (Å²) in [7, 11) is 0. The van der Waals surface area contributed by atoms with E-state index < -0.39 is 0 Å². The molecule has 0 aromatic heterocycles. The Balaban J connectivity index is 2.50. The lowest BCUT2D eigenvalue weighted by molar-refractivity contribution is -0.140. The fraction of sp³-hybridized carbons (Fsp3) is 0.769. The number of carbonyl (C=O) groups is 3. The number of hydrogen-bond acceptors (Lipinski definition) is 4. The van der Waals surface area contributed by atoms with Crippen molar-refractivity contribution in [1.29, 1.82) is 0 Å². The first-order valence-electron chi connectivity index (χ1n) is 6.67. The molecule has 0 aliphatic carbocycles. The molecular weight excluding hydrogens is 278 g/mol. The monoisotopic (exact) mass is 301 g/mol. The predicted molar refractivity (Wildman–Crippen MR) is 79.2 cm³/mol. The molecular formula is C13H23N3O3S. The summed E-state index contributed by atoms with van der Waals surface area (Å²) in [5, 5.41) is 2.82. The summed E-state index contributed by atoms with van der Waals surface area (Å²) in [5.41, 5.74) is -0.318. The van der Waals surface area contributed by atoms with Crippen LogP contribution in [0.3, 0.4) is 0 Å². The van der Waals surface area contributed by atoms with Crippen LogP contribution in [0.25, 0.3) is 0 Å². The Labute approximate surface area is 124 Å². The molecule has 0 saturated carbocycles. The van der Waals surface area contributed by atoms with Crippen LogP contribution in [0.5, 0.6) is 0 Å². The number of thioether (sulfide) groups is 1. The summed E-state index contributed by atoms with van der Waals surface area (Å²) in [4.78, 5) is 38.4. The van der Waals surface area contributed by atoms with Crippen molar-refractivity contribution in [2.24, 2.45) is 0 Å². The summed E-state index contributed by atoms with van der Waals surface area (Å²) in [6.07, 6.45) is 0. The van der Waals surface area contributed by atoms with Crippen LogP contribution < -0.4 is 5.32 Å². The van der Waals surface area contributed by atoms with Gasteiger partial charge >= 0.3 is 0 Å². The first kappa shape index (κ1) is 16.8.